The SMILES string of the molecule is CCC1CN(c2ccc(CCl)c(C(F)(F)F)c2)CCN1C. The maximum absolute atomic E-state index is 13.1. The summed E-state index contributed by atoms with van der Waals surface area (Å²) in [6, 6.07) is 4.84. The van der Waals surface area contributed by atoms with Crippen molar-refractivity contribution in [3.8, 4) is 0 Å². The van der Waals surface area contributed by atoms with Gasteiger partial charge in [-0.25, -0.2) is 0 Å². The first-order valence-electron chi connectivity index (χ1n) is 7.08. The molecule has 1 aliphatic rings. The molecule has 1 unspecified atom stereocenters. The number of likely N-dealkylation sites (N-methyl/N-ethyl adjacent to an activating group) is 1. The molecule has 1 saturated heterocycles. The second-order valence-corrected chi connectivity index (χ2v) is 5.73. The average molecular weight is 321 g/mol. The van der Waals surface area contributed by atoms with E-state index in [1.165, 1.54) is 12.1 Å². The van der Waals surface area contributed by atoms with E-state index in [4.69, 9.17) is 11.6 Å². The van der Waals surface area contributed by atoms with Crippen LogP contribution in [-0.4, -0.2) is 37.6 Å². The van der Waals surface area contributed by atoms with Gasteiger partial charge in [0.25, 0.3) is 0 Å². The van der Waals surface area contributed by atoms with Crippen LogP contribution >= 0.6 is 11.6 Å². The predicted molar refractivity (Wildman–Crippen MR) is 79.9 cm³/mol. The number of rotatable bonds is 3. The van der Waals surface area contributed by atoms with Crippen molar-refractivity contribution < 1.29 is 13.2 Å². The van der Waals surface area contributed by atoms with E-state index in [0.29, 0.717) is 11.7 Å². The smallest absolute Gasteiger partial charge is 0.369 e. The van der Waals surface area contributed by atoms with Crippen LogP contribution in [0.15, 0.2) is 18.2 Å². The number of benzene rings is 1. The second-order valence-electron chi connectivity index (χ2n) is 5.46. The van der Waals surface area contributed by atoms with Crippen molar-refractivity contribution in [2.24, 2.45) is 0 Å². The summed E-state index contributed by atoms with van der Waals surface area (Å²) in [6.45, 7) is 4.45. The number of piperazine rings is 1. The van der Waals surface area contributed by atoms with Crippen LogP contribution in [0.1, 0.15) is 24.5 Å². The summed E-state index contributed by atoms with van der Waals surface area (Å²) in [5, 5.41) is 0. The molecule has 1 aliphatic heterocycles. The van der Waals surface area contributed by atoms with Crippen LogP contribution in [0.2, 0.25) is 0 Å². The Hall–Kier alpha value is -0.940. The van der Waals surface area contributed by atoms with Crippen LogP contribution in [0.5, 0.6) is 0 Å². The number of anilines is 1. The molecule has 1 aromatic carbocycles. The molecule has 1 heterocycles. The number of hydrogen-bond acceptors (Lipinski definition) is 2. The van der Waals surface area contributed by atoms with E-state index >= 15 is 0 Å². The molecule has 118 valence electrons. The van der Waals surface area contributed by atoms with Gasteiger partial charge in [-0.3, -0.25) is 4.90 Å². The third kappa shape index (κ3) is 3.64. The normalized spacial score (nSPS) is 20.9. The fraction of sp³-hybridized carbons (Fsp3) is 0.600. The molecule has 0 aromatic heterocycles. The zero-order chi connectivity index (χ0) is 15.6. The lowest BCUT2D eigenvalue weighted by atomic mass is 10.0. The third-order valence-electron chi connectivity index (χ3n) is 4.16. The lowest BCUT2D eigenvalue weighted by Crippen LogP contribution is -2.51. The maximum Gasteiger partial charge on any atom is 0.416 e. The van der Waals surface area contributed by atoms with Gasteiger partial charge in [0.1, 0.15) is 0 Å². The molecular weight excluding hydrogens is 301 g/mol. The summed E-state index contributed by atoms with van der Waals surface area (Å²) in [5.74, 6) is -0.130. The largest absolute Gasteiger partial charge is 0.416 e. The van der Waals surface area contributed by atoms with Crippen molar-refractivity contribution in [1.82, 2.24) is 4.90 Å². The van der Waals surface area contributed by atoms with E-state index in [0.717, 1.165) is 26.1 Å². The zero-order valence-corrected chi connectivity index (χ0v) is 13.0. The summed E-state index contributed by atoms with van der Waals surface area (Å²) in [5.41, 5.74) is 0.138. The Labute approximate surface area is 128 Å². The van der Waals surface area contributed by atoms with Gasteiger partial charge in [0, 0.05) is 37.2 Å². The van der Waals surface area contributed by atoms with Crippen LogP contribution < -0.4 is 4.90 Å². The van der Waals surface area contributed by atoms with Crippen molar-refractivity contribution in [1.29, 1.82) is 0 Å². The van der Waals surface area contributed by atoms with Gasteiger partial charge in [0.05, 0.1) is 5.56 Å². The quantitative estimate of drug-likeness (QED) is 0.777. The number of hydrogen-bond donors (Lipinski definition) is 0. The Bertz CT molecular complexity index is 490. The standard InChI is InChI=1S/C15H20ClF3N2/c1-3-12-10-21(7-6-20(12)2)13-5-4-11(9-16)14(8-13)15(17,18)19/h4-5,8,12H,3,6-7,9-10H2,1-2H3. The van der Waals surface area contributed by atoms with Crippen molar-refractivity contribution in [2.45, 2.75) is 31.4 Å². The van der Waals surface area contributed by atoms with Crippen molar-refractivity contribution in [3.63, 3.8) is 0 Å². The highest BCUT2D eigenvalue weighted by atomic mass is 35.5. The van der Waals surface area contributed by atoms with E-state index < -0.39 is 11.7 Å². The van der Waals surface area contributed by atoms with Crippen LogP contribution in [0.4, 0.5) is 18.9 Å². The summed E-state index contributed by atoms with van der Waals surface area (Å²) in [4.78, 5) is 4.29. The van der Waals surface area contributed by atoms with Crippen molar-refractivity contribution in [3.05, 3.63) is 29.3 Å². The molecule has 2 nitrogen and oxygen atoms in total. The fourth-order valence-corrected chi connectivity index (χ4v) is 3.00. The summed E-state index contributed by atoms with van der Waals surface area (Å²) < 4.78 is 39.3. The first-order valence-corrected chi connectivity index (χ1v) is 7.61. The highest BCUT2D eigenvalue weighted by molar-refractivity contribution is 6.17. The zero-order valence-electron chi connectivity index (χ0n) is 12.3. The van der Waals surface area contributed by atoms with Crippen molar-refractivity contribution >= 4 is 17.3 Å². The fourth-order valence-electron chi connectivity index (χ4n) is 2.76. The van der Waals surface area contributed by atoms with Gasteiger partial charge in [0.2, 0.25) is 0 Å². The maximum atomic E-state index is 13.1. The van der Waals surface area contributed by atoms with E-state index in [-0.39, 0.29) is 11.4 Å². The Kier molecular flexibility index (Phi) is 5.04. The Morgan fingerprint density at radius 2 is 2.00 bits per heavy atom. The minimum Gasteiger partial charge on any atom is -0.369 e. The van der Waals surface area contributed by atoms with Gasteiger partial charge in [-0.1, -0.05) is 13.0 Å². The Morgan fingerprint density at radius 3 is 2.57 bits per heavy atom. The van der Waals surface area contributed by atoms with Gasteiger partial charge in [-0.05, 0) is 31.2 Å². The third-order valence-corrected chi connectivity index (χ3v) is 4.44. The van der Waals surface area contributed by atoms with E-state index in [1.54, 1.807) is 6.07 Å². The first-order chi connectivity index (χ1) is 9.86. The molecule has 6 heteroatoms. The van der Waals surface area contributed by atoms with Gasteiger partial charge in [-0.15, -0.1) is 11.6 Å². The molecule has 0 saturated carbocycles. The molecule has 21 heavy (non-hydrogen) atoms. The highest BCUT2D eigenvalue weighted by Crippen LogP contribution is 2.35. The Morgan fingerprint density at radius 1 is 1.29 bits per heavy atom. The lowest BCUT2D eigenvalue weighted by Gasteiger charge is -2.40. The topological polar surface area (TPSA) is 6.48 Å². The number of halogens is 4. The monoisotopic (exact) mass is 320 g/mol. The average Bonchev–Trinajstić information content (AvgIpc) is 2.46. The highest BCUT2D eigenvalue weighted by Gasteiger charge is 2.34. The van der Waals surface area contributed by atoms with E-state index in [2.05, 4.69) is 18.9 Å². The van der Waals surface area contributed by atoms with Gasteiger partial charge in [-0.2, -0.15) is 13.2 Å². The van der Waals surface area contributed by atoms with E-state index in [1.807, 2.05) is 4.90 Å². The van der Waals surface area contributed by atoms with Crippen LogP contribution in [0, 0.1) is 0 Å². The number of alkyl halides is 4. The van der Waals surface area contributed by atoms with Crippen molar-refractivity contribution in [2.75, 3.05) is 31.6 Å². The molecule has 0 aliphatic carbocycles. The number of nitrogens with zero attached hydrogens (tertiary/aromatic N) is 2. The molecule has 2 rings (SSSR count). The van der Waals surface area contributed by atoms with Crippen LogP contribution in [0.3, 0.4) is 0 Å². The molecule has 1 fully saturated rings. The summed E-state index contributed by atoms with van der Waals surface area (Å²) in [7, 11) is 2.06. The van der Waals surface area contributed by atoms with Crippen LogP contribution in [-0.2, 0) is 12.1 Å². The first kappa shape index (κ1) is 16.4. The molecule has 0 radical (unpaired) electrons. The predicted octanol–water partition coefficient (Wildman–Crippen LogP) is 3.97. The Balaban J connectivity index is 2.28. The molecule has 0 N–H and O–H groups in total. The minimum atomic E-state index is -4.36. The van der Waals surface area contributed by atoms with E-state index in [9.17, 15) is 13.2 Å². The summed E-state index contributed by atoms with van der Waals surface area (Å²) >= 11 is 5.62. The molecule has 0 spiro atoms. The molecular formula is C15H20ClF3N2. The minimum absolute atomic E-state index is 0.130. The van der Waals surface area contributed by atoms with Gasteiger partial charge in [0.15, 0.2) is 0 Å². The van der Waals surface area contributed by atoms with Gasteiger partial charge < -0.3 is 4.90 Å². The van der Waals surface area contributed by atoms with Crippen LogP contribution in [0.25, 0.3) is 0 Å². The molecule has 1 aromatic rings. The molecule has 1 atom stereocenters. The second kappa shape index (κ2) is 6.44. The molecule has 0 amide bonds. The summed E-state index contributed by atoms with van der Waals surface area (Å²) in [6.07, 6.45) is -3.38. The molecule has 0 bridgehead atoms. The van der Waals surface area contributed by atoms with Gasteiger partial charge >= 0.3 is 6.18 Å². The lowest BCUT2D eigenvalue weighted by molar-refractivity contribution is -0.138.